The Morgan fingerprint density at radius 2 is 2.15 bits per heavy atom. The molecule has 0 aliphatic heterocycles. The summed E-state index contributed by atoms with van der Waals surface area (Å²) in [6, 6.07) is 5.92. The van der Waals surface area contributed by atoms with Crippen LogP contribution in [0.25, 0.3) is 0 Å². The van der Waals surface area contributed by atoms with Gasteiger partial charge in [-0.1, -0.05) is 24.4 Å². The van der Waals surface area contributed by atoms with E-state index in [1.165, 1.54) is 5.56 Å². The molecular formula is C10H13NOS. The van der Waals surface area contributed by atoms with E-state index in [2.05, 4.69) is 0 Å². The van der Waals surface area contributed by atoms with Gasteiger partial charge in [-0.05, 0) is 31.0 Å². The van der Waals surface area contributed by atoms with Crippen molar-refractivity contribution in [1.82, 2.24) is 0 Å². The fourth-order valence-corrected chi connectivity index (χ4v) is 1.09. The zero-order chi connectivity index (χ0) is 9.84. The Morgan fingerprint density at radius 1 is 1.46 bits per heavy atom. The van der Waals surface area contributed by atoms with E-state index in [1.54, 1.807) is 0 Å². The molecule has 0 unspecified atom stereocenters. The second-order valence-electron chi connectivity index (χ2n) is 2.95. The van der Waals surface area contributed by atoms with Crippen LogP contribution in [0.4, 0.5) is 0 Å². The monoisotopic (exact) mass is 195 g/mol. The molecular weight excluding hydrogens is 182 g/mol. The summed E-state index contributed by atoms with van der Waals surface area (Å²) in [4.78, 5) is 0.376. The predicted octanol–water partition coefficient (Wildman–Crippen LogP) is 1.97. The lowest BCUT2D eigenvalue weighted by Gasteiger charge is -2.09. The van der Waals surface area contributed by atoms with Gasteiger partial charge < -0.3 is 10.5 Å². The Morgan fingerprint density at radius 3 is 2.77 bits per heavy atom. The third-order valence-electron chi connectivity index (χ3n) is 1.92. The third kappa shape index (κ3) is 2.70. The summed E-state index contributed by atoms with van der Waals surface area (Å²) in [5.41, 5.74) is 7.68. The molecule has 1 aromatic carbocycles. The second-order valence-corrected chi connectivity index (χ2v) is 3.48. The normalized spacial score (nSPS) is 9.69. The zero-order valence-electron chi connectivity index (χ0n) is 7.83. The van der Waals surface area contributed by atoms with Crippen LogP contribution in [-0.4, -0.2) is 11.6 Å². The van der Waals surface area contributed by atoms with Crippen LogP contribution in [0.5, 0.6) is 5.75 Å². The van der Waals surface area contributed by atoms with E-state index < -0.39 is 0 Å². The van der Waals surface area contributed by atoms with Gasteiger partial charge in [0.15, 0.2) is 0 Å². The Labute approximate surface area is 83.7 Å². The molecule has 0 amide bonds. The highest BCUT2D eigenvalue weighted by molar-refractivity contribution is 7.80. The van der Waals surface area contributed by atoms with Crippen molar-refractivity contribution < 1.29 is 4.74 Å². The summed E-state index contributed by atoms with van der Waals surface area (Å²) in [6.45, 7) is 4.37. The lowest BCUT2D eigenvalue weighted by atomic mass is 10.1. The summed E-state index contributed by atoms with van der Waals surface area (Å²) in [7, 11) is 0. The Balaban J connectivity index is 2.77. The molecule has 0 aliphatic carbocycles. The maximum Gasteiger partial charge on any atom is 0.138 e. The minimum atomic E-state index is 0.305. The van der Waals surface area contributed by atoms with Crippen molar-refractivity contribution >= 4 is 17.2 Å². The topological polar surface area (TPSA) is 35.2 Å². The molecule has 0 radical (unpaired) electrons. The molecule has 2 N–H and O–H groups in total. The molecule has 2 nitrogen and oxygen atoms in total. The molecule has 13 heavy (non-hydrogen) atoms. The van der Waals surface area contributed by atoms with E-state index in [0.717, 1.165) is 11.3 Å². The first-order valence-electron chi connectivity index (χ1n) is 4.08. The Hall–Kier alpha value is -1.09. The van der Waals surface area contributed by atoms with Crippen LogP contribution >= 0.6 is 12.2 Å². The van der Waals surface area contributed by atoms with E-state index in [4.69, 9.17) is 22.7 Å². The fourth-order valence-electron chi connectivity index (χ4n) is 1.03. The van der Waals surface area contributed by atoms with Crippen molar-refractivity contribution in [3.05, 3.63) is 29.3 Å². The van der Waals surface area contributed by atoms with Crippen molar-refractivity contribution in [2.45, 2.75) is 13.8 Å². The number of benzene rings is 1. The minimum Gasteiger partial charge on any atom is -0.486 e. The highest BCUT2D eigenvalue weighted by Crippen LogP contribution is 2.20. The molecule has 0 fully saturated rings. The standard InChI is InChI=1S/C10H13NOS/c1-7-4-3-5-9(8(7)2)12-6-10(11)13/h3-5H,6H2,1-2H3,(H2,11,13). The SMILES string of the molecule is Cc1cccc(OCC(N)=S)c1C. The van der Waals surface area contributed by atoms with Gasteiger partial charge in [-0.15, -0.1) is 0 Å². The van der Waals surface area contributed by atoms with Crippen LogP contribution in [0.3, 0.4) is 0 Å². The van der Waals surface area contributed by atoms with E-state index in [0.29, 0.717) is 11.6 Å². The maximum atomic E-state index is 5.41. The average Bonchev–Trinajstić information content (AvgIpc) is 2.07. The molecule has 3 heteroatoms. The van der Waals surface area contributed by atoms with Gasteiger partial charge in [0, 0.05) is 0 Å². The lowest BCUT2D eigenvalue weighted by molar-refractivity contribution is 0.374. The number of hydrogen-bond acceptors (Lipinski definition) is 2. The molecule has 70 valence electrons. The van der Waals surface area contributed by atoms with Crippen LogP contribution in [0.1, 0.15) is 11.1 Å². The third-order valence-corrected chi connectivity index (χ3v) is 2.04. The number of aryl methyl sites for hydroxylation is 1. The van der Waals surface area contributed by atoms with Gasteiger partial charge in [0.1, 0.15) is 17.3 Å². The van der Waals surface area contributed by atoms with E-state index >= 15 is 0 Å². The molecule has 0 spiro atoms. The predicted molar refractivity (Wildman–Crippen MR) is 58.2 cm³/mol. The molecule has 0 saturated heterocycles. The van der Waals surface area contributed by atoms with E-state index in [1.807, 2.05) is 32.0 Å². The molecule has 0 saturated carbocycles. The largest absolute Gasteiger partial charge is 0.486 e. The number of thiocarbonyl (C=S) groups is 1. The van der Waals surface area contributed by atoms with Gasteiger partial charge >= 0.3 is 0 Å². The summed E-state index contributed by atoms with van der Waals surface area (Å²) in [5.74, 6) is 0.854. The number of nitrogens with two attached hydrogens (primary N) is 1. The summed E-state index contributed by atoms with van der Waals surface area (Å²) < 4.78 is 5.41. The lowest BCUT2D eigenvalue weighted by Crippen LogP contribution is -2.18. The highest BCUT2D eigenvalue weighted by atomic mass is 32.1. The van der Waals surface area contributed by atoms with Crippen LogP contribution in [0.2, 0.25) is 0 Å². The second kappa shape index (κ2) is 4.23. The summed E-state index contributed by atoms with van der Waals surface area (Å²) in [5, 5.41) is 0. The van der Waals surface area contributed by atoms with Crippen LogP contribution < -0.4 is 10.5 Å². The van der Waals surface area contributed by atoms with Crippen LogP contribution in [0, 0.1) is 13.8 Å². The summed E-state index contributed by atoms with van der Waals surface area (Å²) >= 11 is 4.72. The molecule has 0 aliphatic rings. The fraction of sp³-hybridized carbons (Fsp3) is 0.300. The van der Waals surface area contributed by atoms with Crippen molar-refractivity contribution in [3.8, 4) is 5.75 Å². The van der Waals surface area contributed by atoms with Gasteiger partial charge in [0.25, 0.3) is 0 Å². The Bertz CT molecular complexity index is 323. The van der Waals surface area contributed by atoms with Crippen molar-refractivity contribution in [2.75, 3.05) is 6.61 Å². The first-order valence-corrected chi connectivity index (χ1v) is 4.49. The number of ether oxygens (including phenoxy) is 1. The first kappa shape index (κ1) is 9.99. The average molecular weight is 195 g/mol. The number of rotatable bonds is 3. The maximum absolute atomic E-state index is 5.41. The minimum absolute atomic E-state index is 0.305. The smallest absolute Gasteiger partial charge is 0.138 e. The van der Waals surface area contributed by atoms with Crippen molar-refractivity contribution in [3.63, 3.8) is 0 Å². The van der Waals surface area contributed by atoms with E-state index in [-0.39, 0.29) is 0 Å². The molecule has 0 aromatic heterocycles. The molecule has 0 heterocycles. The van der Waals surface area contributed by atoms with Gasteiger partial charge in [0.05, 0.1) is 0 Å². The van der Waals surface area contributed by atoms with Crippen molar-refractivity contribution in [1.29, 1.82) is 0 Å². The zero-order valence-corrected chi connectivity index (χ0v) is 8.65. The van der Waals surface area contributed by atoms with Gasteiger partial charge in [-0.2, -0.15) is 0 Å². The van der Waals surface area contributed by atoms with Gasteiger partial charge in [-0.3, -0.25) is 0 Å². The van der Waals surface area contributed by atoms with Crippen LogP contribution in [0.15, 0.2) is 18.2 Å². The first-order chi connectivity index (χ1) is 6.11. The van der Waals surface area contributed by atoms with Crippen LogP contribution in [-0.2, 0) is 0 Å². The summed E-state index contributed by atoms with van der Waals surface area (Å²) in [6.07, 6.45) is 0. The van der Waals surface area contributed by atoms with Gasteiger partial charge in [0.2, 0.25) is 0 Å². The number of hydrogen-bond donors (Lipinski definition) is 1. The van der Waals surface area contributed by atoms with Crippen molar-refractivity contribution in [2.24, 2.45) is 5.73 Å². The quantitative estimate of drug-likeness (QED) is 0.749. The molecule has 0 atom stereocenters. The van der Waals surface area contributed by atoms with Gasteiger partial charge in [-0.25, -0.2) is 0 Å². The molecule has 1 rings (SSSR count). The molecule has 1 aromatic rings. The Kier molecular flexibility index (Phi) is 3.25. The van der Waals surface area contributed by atoms with E-state index in [9.17, 15) is 0 Å². The molecule has 0 bridgehead atoms. The highest BCUT2D eigenvalue weighted by Gasteiger charge is 2.01.